The summed E-state index contributed by atoms with van der Waals surface area (Å²) < 4.78 is 0. The molecule has 0 fully saturated rings. The van der Waals surface area contributed by atoms with Crippen LogP contribution in [-0.2, 0) is 9.63 Å². The Morgan fingerprint density at radius 2 is 2.07 bits per heavy atom. The third-order valence-corrected chi connectivity index (χ3v) is 1.56. The van der Waals surface area contributed by atoms with Gasteiger partial charge in [0.15, 0.2) is 0 Å². The number of hydrogen-bond donors (Lipinski definition) is 1. The van der Waals surface area contributed by atoms with Gasteiger partial charge in [-0.15, -0.1) is 0 Å². The largest absolute Gasteiger partial charge is 0.273 e. The highest BCUT2D eigenvalue weighted by molar-refractivity contribution is 5.91. The number of carbonyl (C=O) groups excluding carboxylic acids is 1. The number of rotatable bonds is 7. The summed E-state index contributed by atoms with van der Waals surface area (Å²) in [6.07, 6.45) is 7.23. The Labute approximate surface area is 85.8 Å². The first-order valence-electron chi connectivity index (χ1n) is 4.91. The molecule has 3 heteroatoms. The number of carbonyl (C=O) groups is 1. The van der Waals surface area contributed by atoms with E-state index >= 15 is 0 Å². The summed E-state index contributed by atoms with van der Waals surface area (Å²) in [7, 11) is 0. The maximum atomic E-state index is 10.9. The summed E-state index contributed by atoms with van der Waals surface area (Å²) in [5, 5.41) is 0. The Hall–Kier alpha value is -1.09. The van der Waals surface area contributed by atoms with E-state index in [1.807, 2.05) is 0 Å². The van der Waals surface area contributed by atoms with E-state index in [4.69, 9.17) is 4.84 Å². The minimum Gasteiger partial charge on any atom is -0.273 e. The van der Waals surface area contributed by atoms with E-state index in [1.54, 1.807) is 6.92 Å². The van der Waals surface area contributed by atoms with Crippen LogP contribution in [0.15, 0.2) is 24.3 Å². The molecule has 3 nitrogen and oxygen atoms in total. The van der Waals surface area contributed by atoms with Gasteiger partial charge in [0.2, 0.25) is 0 Å². The van der Waals surface area contributed by atoms with Gasteiger partial charge in [-0.1, -0.05) is 32.1 Å². The number of hydrogen-bond acceptors (Lipinski definition) is 2. The summed E-state index contributed by atoms with van der Waals surface area (Å²) in [4.78, 5) is 15.8. The van der Waals surface area contributed by atoms with Gasteiger partial charge in [-0.2, -0.15) is 0 Å². The van der Waals surface area contributed by atoms with E-state index < -0.39 is 0 Å². The average Bonchev–Trinajstić information content (AvgIpc) is 2.16. The summed E-state index contributed by atoms with van der Waals surface area (Å²) in [6.45, 7) is 7.76. The standard InChI is InChI=1S/C11H19NO2/c1-4-5-6-7-8-9-14-12-11(13)10(2)3/h6-7H,2,4-5,8-9H2,1,3H3,(H,12,13)/b7-6+. The van der Waals surface area contributed by atoms with Crippen LogP contribution in [0.5, 0.6) is 0 Å². The first-order chi connectivity index (χ1) is 6.68. The second-order valence-corrected chi connectivity index (χ2v) is 3.11. The molecule has 0 heterocycles. The van der Waals surface area contributed by atoms with Crippen LogP contribution in [0.3, 0.4) is 0 Å². The van der Waals surface area contributed by atoms with Gasteiger partial charge >= 0.3 is 0 Å². The third kappa shape index (κ3) is 7.55. The molecule has 0 saturated carbocycles. The Morgan fingerprint density at radius 3 is 2.64 bits per heavy atom. The summed E-state index contributed by atoms with van der Waals surface area (Å²) >= 11 is 0. The molecule has 0 atom stereocenters. The van der Waals surface area contributed by atoms with Gasteiger partial charge in [0, 0.05) is 5.57 Å². The van der Waals surface area contributed by atoms with Crippen LogP contribution < -0.4 is 5.48 Å². The van der Waals surface area contributed by atoms with Crippen LogP contribution in [0.25, 0.3) is 0 Å². The predicted octanol–water partition coefficient (Wildman–Crippen LogP) is 2.36. The molecule has 1 amide bonds. The molecule has 80 valence electrons. The maximum absolute atomic E-state index is 10.9. The number of amides is 1. The van der Waals surface area contributed by atoms with Gasteiger partial charge < -0.3 is 0 Å². The zero-order valence-electron chi connectivity index (χ0n) is 9.01. The van der Waals surface area contributed by atoms with Crippen LogP contribution in [0, 0.1) is 0 Å². The van der Waals surface area contributed by atoms with Gasteiger partial charge in [-0.25, -0.2) is 5.48 Å². The molecule has 0 saturated heterocycles. The van der Waals surface area contributed by atoms with Crippen molar-refractivity contribution in [2.75, 3.05) is 6.61 Å². The van der Waals surface area contributed by atoms with Crippen molar-refractivity contribution < 1.29 is 9.63 Å². The van der Waals surface area contributed by atoms with E-state index in [-0.39, 0.29) is 5.91 Å². The fraction of sp³-hybridized carbons (Fsp3) is 0.545. The van der Waals surface area contributed by atoms with Crippen LogP contribution in [0.2, 0.25) is 0 Å². The van der Waals surface area contributed by atoms with Gasteiger partial charge in [-0.3, -0.25) is 9.63 Å². The van der Waals surface area contributed by atoms with Gasteiger partial charge in [-0.05, 0) is 19.8 Å². The fourth-order valence-electron chi connectivity index (χ4n) is 0.733. The SMILES string of the molecule is C=C(C)C(=O)NOCC/C=C/CCC. The van der Waals surface area contributed by atoms with E-state index in [0.717, 1.165) is 19.3 Å². The highest BCUT2D eigenvalue weighted by atomic mass is 16.6. The first kappa shape index (κ1) is 12.9. The van der Waals surface area contributed by atoms with Crippen molar-refractivity contribution >= 4 is 5.91 Å². The van der Waals surface area contributed by atoms with Gasteiger partial charge in [0.1, 0.15) is 0 Å². The van der Waals surface area contributed by atoms with Crippen molar-refractivity contribution in [2.24, 2.45) is 0 Å². The van der Waals surface area contributed by atoms with Gasteiger partial charge in [0.25, 0.3) is 5.91 Å². The van der Waals surface area contributed by atoms with Crippen molar-refractivity contribution in [3.63, 3.8) is 0 Å². The number of hydroxylamine groups is 1. The summed E-state index contributed by atoms with van der Waals surface area (Å²) in [5.41, 5.74) is 2.75. The molecule has 1 N–H and O–H groups in total. The summed E-state index contributed by atoms with van der Waals surface area (Å²) in [5.74, 6) is -0.262. The van der Waals surface area contributed by atoms with E-state index in [9.17, 15) is 4.79 Å². The molecule has 0 spiro atoms. The van der Waals surface area contributed by atoms with Crippen molar-refractivity contribution in [1.82, 2.24) is 5.48 Å². The Balaban J connectivity index is 3.29. The lowest BCUT2D eigenvalue weighted by Crippen LogP contribution is -2.24. The lowest BCUT2D eigenvalue weighted by atomic mass is 10.3. The molecule has 0 aromatic heterocycles. The lowest BCUT2D eigenvalue weighted by molar-refractivity contribution is -0.129. The maximum Gasteiger partial charge on any atom is 0.269 e. The lowest BCUT2D eigenvalue weighted by Gasteiger charge is -2.02. The predicted molar refractivity (Wildman–Crippen MR) is 57.6 cm³/mol. The molecule has 0 bridgehead atoms. The van der Waals surface area contributed by atoms with Crippen LogP contribution in [-0.4, -0.2) is 12.5 Å². The van der Waals surface area contributed by atoms with Crippen LogP contribution in [0.4, 0.5) is 0 Å². The number of allylic oxidation sites excluding steroid dienone is 1. The van der Waals surface area contributed by atoms with E-state index in [2.05, 4.69) is 31.1 Å². The highest BCUT2D eigenvalue weighted by Crippen LogP contribution is 1.91. The van der Waals surface area contributed by atoms with Crippen molar-refractivity contribution in [3.8, 4) is 0 Å². The molecular weight excluding hydrogens is 178 g/mol. The average molecular weight is 197 g/mol. The zero-order chi connectivity index (χ0) is 10.8. The van der Waals surface area contributed by atoms with Crippen LogP contribution in [0.1, 0.15) is 33.1 Å². The zero-order valence-corrected chi connectivity index (χ0v) is 9.01. The molecule has 0 aliphatic rings. The quantitative estimate of drug-likeness (QED) is 0.294. The van der Waals surface area contributed by atoms with Crippen molar-refractivity contribution in [1.29, 1.82) is 0 Å². The van der Waals surface area contributed by atoms with Crippen LogP contribution >= 0.6 is 0 Å². The summed E-state index contributed by atoms with van der Waals surface area (Å²) in [6, 6.07) is 0. The molecule has 0 aromatic carbocycles. The number of nitrogens with one attached hydrogen (secondary N) is 1. The van der Waals surface area contributed by atoms with E-state index in [1.165, 1.54) is 0 Å². The minimum absolute atomic E-state index is 0.262. The Bertz CT molecular complexity index is 209. The third-order valence-electron chi connectivity index (χ3n) is 1.56. The Morgan fingerprint density at radius 1 is 1.43 bits per heavy atom. The smallest absolute Gasteiger partial charge is 0.269 e. The molecule has 0 radical (unpaired) electrons. The van der Waals surface area contributed by atoms with Gasteiger partial charge in [0.05, 0.1) is 6.61 Å². The van der Waals surface area contributed by atoms with Crippen molar-refractivity contribution in [2.45, 2.75) is 33.1 Å². The first-order valence-corrected chi connectivity index (χ1v) is 4.91. The van der Waals surface area contributed by atoms with Crippen molar-refractivity contribution in [3.05, 3.63) is 24.3 Å². The normalized spacial score (nSPS) is 10.4. The monoisotopic (exact) mass is 197 g/mol. The molecule has 0 rings (SSSR count). The fourth-order valence-corrected chi connectivity index (χ4v) is 0.733. The topological polar surface area (TPSA) is 38.3 Å². The molecular formula is C11H19NO2. The highest BCUT2D eigenvalue weighted by Gasteiger charge is 1.98. The van der Waals surface area contributed by atoms with E-state index in [0.29, 0.717) is 12.2 Å². The Kier molecular flexibility index (Phi) is 7.84. The molecule has 0 aliphatic carbocycles. The second kappa shape index (κ2) is 8.51. The molecule has 14 heavy (non-hydrogen) atoms. The molecule has 0 aromatic rings. The molecule has 0 unspecified atom stereocenters. The molecule has 0 aliphatic heterocycles. The number of unbranched alkanes of at least 4 members (excludes halogenated alkanes) is 1. The minimum atomic E-state index is -0.262. The second-order valence-electron chi connectivity index (χ2n) is 3.11.